The van der Waals surface area contributed by atoms with E-state index in [0.717, 1.165) is 20.2 Å². The number of hydrogen-bond donors (Lipinski definition) is 2. The van der Waals surface area contributed by atoms with Crippen LogP contribution in [0.25, 0.3) is 32.7 Å². The van der Waals surface area contributed by atoms with E-state index in [-0.39, 0.29) is 0 Å². The molecule has 0 spiro atoms. The molecular weight excluding hydrogens is 380 g/mol. The maximum absolute atomic E-state index is 13.2. The molecule has 138 valence electrons. The predicted molar refractivity (Wildman–Crippen MR) is 109 cm³/mol. The first-order valence-electron chi connectivity index (χ1n) is 8.54. The highest BCUT2D eigenvalue weighted by molar-refractivity contribution is 6.32. The number of rotatable bonds is 0. The first-order chi connectivity index (χ1) is 13.5. The molecule has 0 bridgehead atoms. The van der Waals surface area contributed by atoms with Crippen LogP contribution in [0.1, 0.15) is 5.69 Å². The molecule has 0 radical (unpaired) electrons. The Morgan fingerprint density at radius 1 is 1.00 bits per heavy atom. The number of H-pyrrole nitrogens is 2. The molecule has 0 fully saturated rings. The molecule has 0 saturated heterocycles. The predicted octanol–water partition coefficient (Wildman–Crippen LogP) is 3.60. The highest BCUT2D eigenvalue weighted by Gasteiger charge is 2.22. The number of carbonyl (C=O) groups excluding carboxylic acids is 1. The number of aryl methyl sites for hydroxylation is 1. The molecular formula is C20H13ClN4O3. The van der Waals surface area contributed by atoms with Crippen molar-refractivity contribution in [1.82, 2.24) is 19.3 Å². The number of pyridine rings is 1. The van der Waals surface area contributed by atoms with Crippen LogP contribution in [0, 0.1) is 6.92 Å². The summed E-state index contributed by atoms with van der Waals surface area (Å²) in [5, 5.41) is 5.78. The molecule has 2 aromatic carbocycles. The van der Waals surface area contributed by atoms with Gasteiger partial charge in [-0.15, -0.1) is 0 Å². The maximum Gasteiger partial charge on any atom is 0.359 e. The van der Waals surface area contributed by atoms with Gasteiger partial charge in [-0.2, -0.15) is 4.68 Å². The van der Waals surface area contributed by atoms with Crippen molar-refractivity contribution in [3.05, 3.63) is 80.0 Å². The Hall–Kier alpha value is -3.58. The number of fused-ring (bicyclic) bond motifs is 5. The van der Waals surface area contributed by atoms with E-state index in [1.54, 1.807) is 37.3 Å². The first-order valence-corrected chi connectivity index (χ1v) is 8.91. The number of carbonyl (C=O) groups is 1. The second-order valence-electron chi connectivity index (χ2n) is 6.62. The second kappa shape index (κ2) is 5.71. The number of halogens is 1. The largest absolute Gasteiger partial charge is 0.359 e. The summed E-state index contributed by atoms with van der Waals surface area (Å²) in [7, 11) is 0. The fourth-order valence-electron chi connectivity index (χ4n) is 3.64. The van der Waals surface area contributed by atoms with Gasteiger partial charge in [-0.3, -0.25) is 14.7 Å². The average Bonchev–Trinajstić information content (AvgIpc) is 3.20. The Morgan fingerprint density at radius 2 is 1.75 bits per heavy atom. The Balaban J connectivity index is 2.01. The molecule has 5 aromatic rings. The lowest BCUT2D eigenvalue weighted by Crippen LogP contribution is -2.36. The summed E-state index contributed by atoms with van der Waals surface area (Å²) < 4.78 is 1.81. The summed E-state index contributed by atoms with van der Waals surface area (Å²) >= 11 is 6.18. The lowest BCUT2D eigenvalue weighted by Gasteiger charge is -2.09. The van der Waals surface area contributed by atoms with Crippen molar-refractivity contribution >= 4 is 50.3 Å². The number of nitrogens with zero attached hydrogens (tertiary/aromatic N) is 2. The third-order valence-electron chi connectivity index (χ3n) is 4.83. The van der Waals surface area contributed by atoms with Gasteiger partial charge in [0.05, 0.1) is 0 Å². The Bertz CT molecular complexity index is 1550. The summed E-state index contributed by atoms with van der Waals surface area (Å²) in [4.78, 5) is 41.6. The lowest BCUT2D eigenvalue weighted by atomic mass is 10.1. The van der Waals surface area contributed by atoms with E-state index in [1.807, 2.05) is 12.1 Å². The van der Waals surface area contributed by atoms with Crippen molar-refractivity contribution in [3.63, 3.8) is 0 Å². The van der Waals surface area contributed by atoms with E-state index >= 15 is 0 Å². The number of hydrogen-bond acceptors (Lipinski definition) is 3. The fraction of sp³-hybridized carbons (Fsp3) is 0.0500. The van der Waals surface area contributed by atoms with E-state index in [1.165, 1.54) is 6.07 Å². The van der Waals surface area contributed by atoms with Crippen LogP contribution in [-0.2, 0) is 0 Å². The molecule has 8 heteroatoms. The fourth-order valence-corrected chi connectivity index (χ4v) is 3.81. The third-order valence-corrected chi connectivity index (χ3v) is 5.06. The molecule has 7 nitrogen and oxygen atoms in total. The van der Waals surface area contributed by atoms with Gasteiger partial charge in [-0.25, -0.2) is 9.36 Å². The van der Waals surface area contributed by atoms with Crippen molar-refractivity contribution in [2.45, 2.75) is 6.92 Å². The minimum atomic E-state index is -0.781. The Morgan fingerprint density at radius 3 is 2.46 bits per heavy atom. The van der Waals surface area contributed by atoms with Gasteiger partial charge in [0.1, 0.15) is 5.65 Å². The molecule has 0 saturated carbocycles. The van der Waals surface area contributed by atoms with Crippen molar-refractivity contribution in [1.29, 1.82) is 0 Å². The summed E-state index contributed by atoms with van der Waals surface area (Å²) in [6, 6.07) is 12.9. The van der Waals surface area contributed by atoms with Crippen molar-refractivity contribution in [2.75, 3.05) is 0 Å². The quantitative estimate of drug-likeness (QED) is 0.421. The smallest absolute Gasteiger partial charge is 0.340 e. The van der Waals surface area contributed by atoms with Gasteiger partial charge in [0.2, 0.25) is 0 Å². The molecule has 0 aliphatic heterocycles. The molecule has 2 N–H and O–H groups in total. The minimum Gasteiger partial charge on any atom is -0.340 e. The summed E-state index contributed by atoms with van der Waals surface area (Å²) in [6.07, 6.45) is 0. The topological polar surface area (TPSA) is 92.7 Å². The van der Waals surface area contributed by atoms with Gasteiger partial charge in [0, 0.05) is 38.5 Å². The van der Waals surface area contributed by atoms with Crippen LogP contribution in [-0.4, -0.2) is 25.4 Å². The molecule has 28 heavy (non-hydrogen) atoms. The van der Waals surface area contributed by atoms with Crippen LogP contribution in [0.2, 0.25) is 5.02 Å². The van der Waals surface area contributed by atoms with E-state index in [9.17, 15) is 14.4 Å². The maximum atomic E-state index is 13.2. The first kappa shape index (κ1) is 16.6. The Labute approximate surface area is 161 Å². The van der Waals surface area contributed by atoms with Crippen molar-refractivity contribution < 1.29 is 4.79 Å². The third kappa shape index (κ3) is 2.20. The standard InChI is InChI=1S/C20H13ClN4O3/c1-10-8-16(26)25(23-10)20(28)24-18-17(12-4-2-3-5-13(12)19(24)27)14-9-11(21)6-7-15(14)22-18/h2-9,22-23H,1H3. The van der Waals surface area contributed by atoms with Gasteiger partial charge >= 0.3 is 6.03 Å². The Kier molecular flexibility index (Phi) is 3.38. The van der Waals surface area contributed by atoms with Crippen LogP contribution in [0.15, 0.2) is 58.1 Å². The SMILES string of the molecule is Cc1cc(=O)n(C(=O)n2c(=O)c3ccccc3c3c4cc(Cl)ccc4[nH]c32)[nH]1. The molecule has 0 amide bonds. The number of nitrogens with one attached hydrogen (secondary N) is 2. The summed E-state index contributed by atoms with van der Waals surface area (Å²) in [5.74, 6) is 0. The monoisotopic (exact) mass is 392 g/mol. The van der Waals surface area contributed by atoms with E-state index < -0.39 is 17.1 Å². The van der Waals surface area contributed by atoms with E-state index in [2.05, 4.69) is 10.1 Å². The van der Waals surface area contributed by atoms with Gasteiger partial charge in [-0.05, 0) is 36.6 Å². The number of benzene rings is 2. The van der Waals surface area contributed by atoms with E-state index in [0.29, 0.717) is 32.5 Å². The second-order valence-corrected chi connectivity index (χ2v) is 7.06. The molecule has 0 unspecified atom stereocenters. The van der Waals surface area contributed by atoms with Crippen molar-refractivity contribution in [3.8, 4) is 0 Å². The summed E-state index contributed by atoms with van der Waals surface area (Å²) in [6.45, 7) is 1.66. The molecule has 0 atom stereocenters. The molecule has 0 aliphatic carbocycles. The minimum absolute atomic E-state index is 0.310. The molecule has 5 rings (SSSR count). The van der Waals surface area contributed by atoms with Gasteiger partial charge in [-0.1, -0.05) is 29.8 Å². The molecule has 0 aliphatic rings. The van der Waals surface area contributed by atoms with Gasteiger partial charge in [0.15, 0.2) is 0 Å². The highest BCUT2D eigenvalue weighted by atomic mass is 35.5. The number of aromatic amines is 2. The van der Waals surface area contributed by atoms with Crippen LogP contribution in [0.4, 0.5) is 4.79 Å². The van der Waals surface area contributed by atoms with Crippen LogP contribution in [0.5, 0.6) is 0 Å². The zero-order valence-corrected chi connectivity index (χ0v) is 15.4. The highest BCUT2D eigenvalue weighted by Crippen LogP contribution is 2.32. The van der Waals surface area contributed by atoms with Crippen LogP contribution in [0.3, 0.4) is 0 Å². The molecule has 3 aromatic heterocycles. The van der Waals surface area contributed by atoms with Crippen LogP contribution >= 0.6 is 11.6 Å². The van der Waals surface area contributed by atoms with Gasteiger partial charge < -0.3 is 4.98 Å². The van der Waals surface area contributed by atoms with Crippen molar-refractivity contribution in [2.24, 2.45) is 0 Å². The molecule has 3 heterocycles. The zero-order valence-electron chi connectivity index (χ0n) is 14.6. The lowest BCUT2D eigenvalue weighted by molar-refractivity contribution is 0.240. The van der Waals surface area contributed by atoms with Crippen LogP contribution < -0.4 is 11.1 Å². The average molecular weight is 393 g/mol. The summed E-state index contributed by atoms with van der Waals surface area (Å²) in [5.41, 5.74) is 0.517. The number of aromatic nitrogens is 4. The van der Waals surface area contributed by atoms with Gasteiger partial charge in [0.25, 0.3) is 11.1 Å². The normalized spacial score (nSPS) is 11.6. The zero-order chi connectivity index (χ0) is 19.6. The van der Waals surface area contributed by atoms with E-state index in [4.69, 9.17) is 11.6 Å².